The van der Waals surface area contributed by atoms with Crippen molar-refractivity contribution in [2.24, 2.45) is 0 Å². The topological polar surface area (TPSA) is 63.7 Å². The maximum Gasteiger partial charge on any atom is 0.338 e. The molecular weight excluding hydrogens is 366 g/mol. The number of carbonyl (C=O) groups excluding carboxylic acids is 3. The van der Waals surface area contributed by atoms with Crippen LogP contribution in [0.15, 0.2) is 54.6 Å². The Morgan fingerprint density at radius 1 is 0.931 bits per heavy atom. The standard InChI is InChI=1S/C24H19NO4/c26-21(14-29-24(28)18-8-7-15-4-1-2-5-16(15)10-18)19-11-17-6-3-9-25-22(27)13-20(12-19)23(17)25/h1-2,4-5,7-8,10-12H,3,6,9,13-14H2. The lowest BCUT2D eigenvalue weighted by Gasteiger charge is -2.25. The van der Waals surface area contributed by atoms with Crippen LogP contribution in [-0.2, 0) is 22.4 Å². The van der Waals surface area contributed by atoms with Gasteiger partial charge in [-0.25, -0.2) is 4.79 Å². The van der Waals surface area contributed by atoms with Crippen LogP contribution in [0.5, 0.6) is 0 Å². The van der Waals surface area contributed by atoms with E-state index in [-0.39, 0.29) is 18.3 Å². The third-order valence-corrected chi connectivity index (χ3v) is 5.65. The van der Waals surface area contributed by atoms with Crippen LogP contribution in [0.1, 0.15) is 38.3 Å². The molecule has 2 aliphatic heterocycles. The molecule has 0 aromatic heterocycles. The summed E-state index contributed by atoms with van der Waals surface area (Å²) in [6, 6.07) is 16.7. The van der Waals surface area contributed by atoms with Crippen LogP contribution in [0.3, 0.4) is 0 Å². The summed E-state index contributed by atoms with van der Waals surface area (Å²) in [5.74, 6) is -0.684. The Hall–Kier alpha value is -3.47. The number of ether oxygens (including phenoxy) is 1. The molecular formula is C24H19NO4. The zero-order valence-corrected chi connectivity index (χ0v) is 15.8. The molecule has 144 valence electrons. The number of esters is 1. The molecule has 0 spiro atoms. The van der Waals surface area contributed by atoms with Crippen molar-refractivity contribution in [3.8, 4) is 0 Å². The maximum absolute atomic E-state index is 12.7. The molecule has 0 unspecified atom stereocenters. The number of fused-ring (bicyclic) bond motifs is 1. The highest BCUT2D eigenvalue weighted by molar-refractivity contribution is 6.06. The molecule has 5 rings (SSSR count). The summed E-state index contributed by atoms with van der Waals surface area (Å²) in [4.78, 5) is 39.1. The number of anilines is 1. The lowest BCUT2D eigenvalue weighted by molar-refractivity contribution is -0.117. The molecule has 2 aliphatic rings. The summed E-state index contributed by atoms with van der Waals surface area (Å²) in [5.41, 5.74) is 3.83. The van der Waals surface area contributed by atoms with E-state index in [4.69, 9.17) is 4.74 Å². The quantitative estimate of drug-likeness (QED) is 0.507. The van der Waals surface area contributed by atoms with Gasteiger partial charge in [0.05, 0.1) is 17.7 Å². The van der Waals surface area contributed by atoms with E-state index in [1.54, 1.807) is 18.2 Å². The van der Waals surface area contributed by atoms with Gasteiger partial charge in [-0.15, -0.1) is 0 Å². The third-order valence-electron chi connectivity index (χ3n) is 5.65. The summed E-state index contributed by atoms with van der Waals surface area (Å²) in [6.07, 6.45) is 2.08. The van der Waals surface area contributed by atoms with Crippen molar-refractivity contribution in [1.82, 2.24) is 0 Å². The maximum atomic E-state index is 12.7. The van der Waals surface area contributed by atoms with Crippen molar-refractivity contribution in [1.29, 1.82) is 0 Å². The third kappa shape index (κ3) is 3.09. The van der Waals surface area contributed by atoms with E-state index in [0.717, 1.165) is 47.0 Å². The van der Waals surface area contributed by atoms with Gasteiger partial charge in [0.25, 0.3) is 0 Å². The average Bonchev–Trinajstić information content (AvgIpc) is 3.08. The van der Waals surface area contributed by atoms with Crippen LogP contribution in [0.4, 0.5) is 5.69 Å². The Labute approximate surface area is 167 Å². The Morgan fingerprint density at radius 2 is 1.72 bits per heavy atom. The van der Waals surface area contributed by atoms with Crippen LogP contribution < -0.4 is 4.90 Å². The average molecular weight is 385 g/mol. The first-order valence-corrected chi connectivity index (χ1v) is 9.75. The second-order valence-corrected chi connectivity index (χ2v) is 7.53. The zero-order valence-electron chi connectivity index (χ0n) is 15.8. The summed E-state index contributed by atoms with van der Waals surface area (Å²) in [6.45, 7) is 0.428. The molecule has 0 aliphatic carbocycles. The monoisotopic (exact) mass is 385 g/mol. The van der Waals surface area contributed by atoms with Gasteiger partial charge in [0, 0.05) is 12.1 Å². The molecule has 0 N–H and O–H groups in total. The first-order valence-electron chi connectivity index (χ1n) is 9.75. The summed E-state index contributed by atoms with van der Waals surface area (Å²) in [7, 11) is 0. The molecule has 29 heavy (non-hydrogen) atoms. The van der Waals surface area contributed by atoms with Crippen molar-refractivity contribution in [3.05, 3.63) is 76.9 Å². The van der Waals surface area contributed by atoms with Gasteiger partial charge < -0.3 is 9.64 Å². The fourth-order valence-electron chi connectivity index (χ4n) is 4.25. The normalized spacial score (nSPS) is 14.8. The van der Waals surface area contributed by atoms with Gasteiger partial charge in [-0.2, -0.15) is 0 Å². The molecule has 0 saturated heterocycles. The number of hydrogen-bond donors (Lipinski definition) is 0. The van der Waals surface area contributed by atoms with E-state index < -0.39 is 5.97 Å². The van der Waals surface area contributed by atoms with E-state index >= 15 is 0 Å². The van der Waals surface area contributed by atoms with Crippen LogP contribution in [0.2, 0.25) is 0 Å². The van der Waals surface area contributed by atoms with E-state index in [9.17, 15) is 14.4 Å². The van der Waals surface area contributed by atoms with Crippen molar-refractivity contribution in [2.45, 2.75) is 19.3 Å². The minimum absolute atomic E-state index is 0.0910. The predicted octanol–water partition coefficient (Wildman–Crippen LogP) is 3.71. The van der Waals surface area contributed by atoms with Crippen LogP contribution >= 0.6 is 0 Å². The van der Waals surface area contributed by atoms with E-state index in [0.29, 0.717) is 17.5 Å². The number of aryl methyl sites for hydroxylation is 1. The van der Waals surface area contributed by atoms with Crippen molar-refractivity contribution < 1.29 is 19.1 Å². The number of rotatable bonds is 4. The van der Waals surface area contributed by atoms with Gasteiger partial charge in [-0.1, -0.05) is 30.3 Å². The molecule has 3 aromatic rings. The minimum atomic E-state index is -0.520. The van der Waals surface area contributed by atoms with Crippen molar-refractivity contribution in [3.63, 3.8) is 0 Å². The summed E-state index contributed by atoms with van der Waals surface area (Å²) in [5, 5.41) is 1.98. The largest absolute Gasteiger partial charge is 0.454 e. The van der Waals surface area contributed by atoms with Gasteiger partial charge in [-0.3, -0.25) is 9.59 Å². The second kappa shape index (κ2) is 6.85. The Morgan fingerprint density at radius 3 is 2.59 bits per heavy atom. The van der Waals surface area contributed by atoms with Crippen molar-refractivity contribution >= 4 is 34.1 Å². The number of nitrogens with zero attached hydrogens (tertiary/aromatic N) is 1. The summed E-state index contributed by atoms with van der Waals surface area (Å²) < 4.78 is 5.28. The molecule has 0 fully saturated rings. The molecule has 5 nitrogen and oxygen atoms in total. The van der Waals surface area contributed by atoms with Gasteiger partial charge in [0.1, 0.15) is 0 Å². The van der Waals surface area contributed by atoms with E-state index in [1.165, 1.54) is 0 Å². The molecule has 3 aromatic carbocycles. The number of amides is 1. The van der Waals surface area contributed by atoms with Gasteiger partial charge in [0.15, 0.2) is 12.4 Å². The fraction of sp³-hybridized carbons (Fsp3) is 0.208. The smallest absolute Gasteiger partial charge is 0.338 e. The van der Waals surface area contributed by atoms with Crippen LogP contribution in [0, 0.1) is 0 Å². The van der Waals surface area contributed by atoms with Gasteiger partial charge in [0.2, 0.25) is 5.91 Å². The highest BCUT2D eigenvalue weighted by Crippen LogP contribution is 2.37. The molecule has 2 heterocycles. The lowest BCUT2D eigenvalue weighted by atomic mass is 9.95. The number of ketones is 1. The molecule has 0 bridgehead atoms. The molecule has 5 heteroatoms. The molecule has 0 saturated carbocycles. The lowest BCUT2D eigenvalue weighted by Crippen LogP contribution is -2.31. The highest BCUT2D eigenvalue weighted by atomic mass is 16.5. The fourth-order valence-corrected chi connectivity index (χ4v) is 4.25. The number of Topliss-reactive ketones (excluding diaryl/α,β-unsaturated/α-hetero) is 1. The number of carbonyl (C=O) groups is 3. The van der Waals surface area contributed by atoms with Crippen LogP contribution in [0.25, 0.3) is 10.8 Å². The first kappa shape index (κ1) is 17.6. The predicted molar refractivity (Wildman–Crippen MR) is 109 cm³/mol. The summed E-state index contributed by atoms with van der Waals surface area (Å²) >= 11 is 0. The van der Waals surface area contributed by atoms with E-state index in [1.807, 2.05) is 41.3 Å². The molecule has 0 atom stereocenters. The van der Waals surface area contributed by atoms with Gasteiger partial charge >= 0.3 is 5.97 Å². The Kier molecular flexibility index (Phi) is 4.16. The zero-order chi connectivity index (χ0) is 20.0. The Balaban J connectivity index is 1.32. The van der Waals surface area contributed by atoms with E-state index in [2.05, 4.69) is 0 Å². The molecule has 1 amide bonds. The van der Waals surface area contributed by atoms with Crippen molar-refractivity contribution in [2.75, 3.05) is 18.1 Å². The molecule has 0 radical (unpaired) electrons. The first-order chi connectivity index (χ1) is 14.1. The number of benzene rings is 3. The Bertz CT molecular complexity index is 1180. The van der Waals surface area contributed by atoms with Gasteiger partial charge in [-0.05, 0) is 59.0 Å². The minimum Gasteiger partial charge on any atom is -0.454 e. The van der Waals surface area contributed by atoms with Crippen LogP contribution in [-0.4, -0.2) is 30.8 Å². The second-order valence-electron chi connectivity index (χ2n) is 7.53. The number of hydrogen-bond acceptors (Lipinski definition) is 4. The SMILES string of the molecule is O=C(COC(=O)c1ccc2ccccc2c1)c1cc2c3c(c1)CC(=O)N3CCC2. The highest BCUT2D eigenvalue weighted by Gasteiger charge is 2.33.